The lowest BCUT2D eigenvalue weighted by Gasteiger charge is -2.24. The van der Waals surface area contributed by atoms with E-state index in [9.17, 15) is 18.0 Å². The standard InChI is InChI=1S/C12H23F3N2O2/c1-4-19-10(18)11(2,16)6-5-8-17(3)9-7-12(13,14)15/h4-9,16H2,1-3H3. The van der Waals surface area contributed by atoms with Crippen LogP contribution in [0.25, 0.3) is 0 Å². The molecule has 0 aromatic heterocycles. The SMILES string of the molecule is CCOC(=O)C(C)(N)CCCN(C)CCC(F)(F)F. The van der Waals surface area contributed by atoms with E-state index in [2.05, 4.69) is 0 Å². The third-order valence-electron chi connectivity index (χ3n) is 2.75. The molecular weight excluding hydrogens is 261 g/mol. The summed E-state index contributed by atoms with van der Waals surface area (Å²) in [5.74, 6) is -0.479. The molecule has 4 nitrogen and oxygen atoms in total. The quantitative estimate of drug-likeness (QED) is 0.692. The Kier molecular flexibility index (Phi) is 7.36. The Bertz CT molecular complexity index is 281. The van der Waals surface area contributed by atoms with Crippen molar-refractivity contribution in [2.24, 2.45) is 5.73 Å². The van der Waals surface area contributed by atoms with Crippen LogP contribution in [0.4, 0.5) is 13.2 Å². The van der Waals surface area contributed by atoms with E-state index in [0.717, 1.165) is 0 Å². The summed E-state index contributed by atoms with van der Waals surface area (Å²) in [5, 5.41) is 0. The van der Waals surface area contributed by atoms with Gasteiger partial charge >= 0.3 is 12.1 Å². The third kappa shape index (κ3) is 8.83. The van der Waals surface area contributed by atoms with Crippen LogP contribution in [0.2, 0.25) is 0 Å². The predicted octanol–water partition coefficient (Wildman–Crippen LogP) is 1.93. The first-order chi connectivity index (χ1) is 8.58. The molecule has 1 unspecified atom stereocenters. The highest BCUT2D eigenvalue weighted by Gasteiger charge is 2.30. The van der Waals surface area contributed by atoms with E-state index < -0.39 is 24.1 Å². The molecule has 0 saturated carbocycles. The number of alkyl halides is 3. The highest BCUT2D eigenvalue weighted by Crippen LogP contribution is 2.19. The van der Waals surface area contributed by atoms with Crippen LogP contribution in [-0.2, 0) is 9.53 Å². The van der Waals surface area contributed by atoms with Crippen molar-refractivity contribution in [2.45, 2.75) is 44.8 Å². The summed E-state index contributed by atoms with van der Waals surface area (Å²) in [6.45, 7) is 3.93. The number of ether oxygens (including phenoxy) is 1. The number of nitrogens with two attached hydrogens (primary N) is 1. The molecule has 0 aliphatic rings. The summed E-state index contributed by atoms with van der Waals surface area (Å²) in [4.78, 5) is 13.1. The molecule has 0 bridgehead atoms. The Morgan fingerprint density at radius 2 is 1.84 bits per heavy atom. The summed E-state index contributed by atoms with van der Waals surface area (Å²) in [6.07, 6.45) is -4.05. The van der Waals surface area contributed by atoms with E-state index in [1.165, 1.54) is 0 Å². The molecule has 0 spiro atoms. The molecule has 1 atom stereocenters. The number of carbonyl (C=O) groups excluding carboxylic acids is 1. The Hall–Kier alpha value is -0.820. The van der Waals surface area contributed by atoms with Gasteiger partial charge in [0, 0.05) is 6.54 Å². The fourth-order valence-electron chi connectivity index (χ4n) is 1.54. The Morgan fingerprint density at radius 1 is 1.26 bits per heavy atom. The summed E-state index contributed by atoms with van der Waals surface area (Å²) in [6, 6.07) is 0. The van der Waals surface area contributed by atoms with Crippen LogP contribution in [-0.4, -0.2) is 49.3 Å². The second-order valence-corrected chi connectivity index (χ2v) is 4.91. The molecule has 0 aromatic rings. The van der Waals surface area contributed by atoms with Gasteiger partial charge in [0.25, 0.3) is 0 Å². The zero-order valence-corrected chi connectivity index (χ0v) is 11.7. The van der Waals surface area contributed by atoms with Crippen LogP contribution in [0.3, 0.4) is 0 Å². The highest BCUT2D eigenvalue weighted by atomic mass is 19.4. The summed E-state index contributed by atoms with van der Waals surface area (Å²) < 4.78 is 40.9. The first-order valence-corrected chi connectivity index (χ1v) is 6.30. The fourth-order valence-corrected chi connectivity index (χ4v) is 1.54. The van der Waals surface area contributed by atoms with Crippen molar-refractivity contribution in [1.82, 2.24) is 4.90 Å². The average molecular weight is 284 g/mol. The minimum Gasteiger partial charge on any atom is -0.465 e. The lowest BCUT2D eigenvalue weighted by molar-refractivity contribution is -0.149. The van der Waals surface area contributed by atoms with Crippen molar-refractivity contribution in [3.05, 3.63) is 0 Å². The van der Waals surface area contributed by atoms with Gasteiger partial charge in [0.15, 0.2) is 0 Å². The number of carbonyl (C=O) groups is 1. The van der Waals surface area contributed by atoms with E-state index in [1.54, 1.807) is 25.8 Å². The lowest BCUT2D eigenvalue weighted by atomic mass is 9.97. The third-order valence-corrected chi connectivity index (χ3v) is 2.75. The molecule has 0 aromatic carbocycles. The topological polar surface area (TPSA) is 55.6 Å². The number of nitrogens with zero attached hydrogens (tertiary/aromatic N) is 1. The zero-order valence-electron chi connectivity index (χ0n) is 11.7. The van der Waals surface area contributed by atoms with Gasteiger partial charge in [-0.25, -0.2) is 0 Å². The Labute approximate surface area is 112 Å². The maximum absolute atomic E-state index is 12.0. The van der Waals surface area contributed by atoms with E-state index in [0.29, 0.717) is 19.4 Å². The second-order valence-electron chi connectivity index (χ2n) is 4.91. The fraction of sp³-hybridized carbons (Fsp3) is 0.917. The van der Waals surface area contributed by atoms with Crippen LogP contribution in [0, 0.1) is 0 Å². The van der Waals surface area contributed by atoms with Crippen molar-refractivity contribution < 1.29 is 22.7 Å². The molecule has 7 heteroatoms. The van der Waals surface area contributed by atoms with Crippen molar-refractivity contribution in [1.29, 1.82) is 0 Å². The largest absolute Gasteiger partial charge is 0.465 e. The molecule has 114 valence electrons. The zero-order chi connectivity index (χ0) is 15.1. The Morgan fingerprint density at radius 3 is 2.32 bits per heavy atom. The van der Waals surface area contributed by atoms with E-state index in [4.69, 9.17) is 10.5 Å². The maximum atomic E-state index is 12.0. The van der Waals surface area contributed by atoms with Gasteiger partial charge in [-0.05, 0) is 40.3 Å². The van der Waals surface area contributed by atoms with Crippen LogP contribution < -0.4 is 5.73 Å². The first kappa shape index (κ1) is 18.2. The van der Waals surface area contributed by atoms with Crippen LogP contribution in [0.15, 0.2) is 0 Å². The normalized spacial score (nSPS) is 15.4. The molecule has 0 aliphatic carbocycles. The van der Waals surface area contributed by atoms with Crippen molar-refractivity contribution >= 4 is 5.97 Å². The molecule has 0 amide bonds. The van der Waals surface area contributed by atoms with Gasteiger partial charge in [-0.1, -0.05) is 0 Å². The molecular formula is C12H23F3N2O2. The molecule has 19 heavy (non-hydrogen) atoms. The average Bonchev–Trinajstić information content (AvgIpc) is 2.25. The molecule has 0 rings (SSSR count). The van der Waals surface area contributed by atoms with Crippen LogP contribution in [0.5, 0.6) is 0 Å². The van der Waals surface area contributed by atoms with Gasteiger partial charge in [-0.3, -0.25) is 4.79 Å². The number of hydrogen-bond donors (Lipinski definition) is 1. The number of rotatable bonds is 8. The number of hydrogen-bond acceptors (Lipinski definition) is 4. The Balaban J connectivity index is 3.92. The van der Waals surface area contributed by atoms with Crippen molar-refractivity contribution in [3.8, 4) is 0 Å². The van der Waals surface area contributed by atoms with Gasteiger partial charge in [0.1, 0.15) is 5.54 Å². The molecule has 0 saturated heterocycles. The summed E-state index contributed by atoms with van der Waals surface area (Å²) in [5.41, 5.74) is 4.72. The van der Waals surface area contributed by atoms with Crippen molar-refractivity contribution in [2.75, 3.05) is 26.7 Å². The monoisotopic (exact) mass is 284 g/mol. The molecule has 0 heterocycles. The van der Waals surface area contributed by atoms with E-state index >= 15 is 0 Å². The molecule has 0 fully saturated rings. The predicted molar refractivity (Wildman–Crippen MR) is 66.6 cm³/mol. The van der Waals surface area contributed by atoms with E-state index in [1.807, 2.05) is 0 Å². The molecule has 0 radical (unpaired) electrons. The molecule has 0 aliphatic heterocycles. The van der Waals surface area contributed by atoms with Crippen LogP contribution >= 0.6 is 0 Å². The van der Waals surface area contributed by atoms with Gasteiger partial charge in [0.2, 0.25) is 0 Å². The lowest BCUT2D eigenvalue weighted by Crippen LogP contribution is -2.46. The van der Waals surface area contributed by atoms with Crippen molar-refractivity contribution in [3.63, 3.8) is 0 Å². The minimum atomic E-state index is -4.14. The second kappa shape index (κ2) is 7.69. The number of esters is 1. The van der Waals surface area contributed by atoms with E-state index in [-0.39, 0.29) is 13.2 Å². The smallest absolute Gasteiger partial charge is 0.390 e. The first-order valence-electron chi connectivity index (χ1n) is 6.30. The summed E-state index contributed by atoms with van der Waals surface area (Å²) >= 11 is 0. The maximum Gasteiger partial charge on any atom is 0.390 e. The highest BCUT2D eigenvalue weighted by molar-refractivity contribution is 5.79. The minimum absolute atomic E-state index is 0.0514. The van der Waals surface area contributed by atoms with Crippen LogP contribution in [0.1, 0.15) is 33.1 Å². The van der Waals surface area contributed by atoms with Gasteiger partial charge in [-0.2, -0.15) is 13.2 Å². The summed E-state index contributed by atoms with van der Waals surface area (Å²) in [7, 11) is 1.62. The van der Waals surface area contributed by atoms with Gasteiger partial charge < -0.3 is 15.4 Å². The molecule has 2 N–H and O–H groups in total. The van der Waals surface area contributed by atoms with Gasteiger partial charge in [-0.15, -0.1) is 0 Å². The number of halogens is 3. The van der Waals surface area contributed by atoms with Gasteiger partial charge in [0.05, 0.1) is 13.0 Å².